The van der Waals surface area contributed by atoms with Gasteiger partial charge in [-0.15, -0.1) is 0 Å². The summed E-state index contributed by atoms with van der Waals surface area (Å²) < 4.78 is 15.8. The molecular weight excluding hydrogens is 286 g/mol. The molecule has 4 heteroatoms. The summed E-state index contributed by atoms with van der Waals surface area (Å²) in [5.41, 5.74) is 0.838. The number of halogens is 1. The number of anilines is 1. The van der Waals surface area contributed by atoms with Crippen LogP contribution in [-0.2, 0) is 11.0 Å². The molecule has 1 unspecified atom stereocenters. The van der Waals surface area contributed by atoms with Crippen molar-refractivity contribution in [2.24, 2.45) is 0 Å². The van der Waals surface area contributed by atoms with E-state index in [0.717, 1.165) is 15.1 Å². The summed E-state index contributed by atoms with van der Waals surface area (Å²) in [5, 5.41) is 0. The van der Waals surface area contributed by atoms with Gasteiger partial charge in [0, 0.05) is 10.2 Å². The van der Waals surface area contributed by atoms with Crippen LogP contribution in [0.3, 0.4) is 0 Å². The standard InChI is InChI=1S/C12H10BrNOS/c13-10-6-8-11(9-7-10)14-16(15)12-4-2-1-3-5-12/h1-9,14H. The van der Waals surface area contributed by atoms with E-state index in [4.69, 9.17) is 0 Å². The first-order chi connectivity index (χ1) is 7.75. The average Bonchev–Trinajstić information content (AvgIpc) is 2.33. The summed E-state index contributed by atoms with van der Waals surface area (Å²) in [6, 6.07) is 16.9. The van der Waals surface area contributed by atoms with E-state index < -0.39 is 11.0 Å². The van der Waals surface area contributed by atoms with Crippen molar-refractivity contribution >= 4 is 32.6 Å². The molecule has 0 radical (unpaired) electrons. The molecule has 0 aliphatic rings. The minimum absolute atomic E-state index is 0.769. The Hall–Kier alpha value is -1.13. The van der Waals surface area contributed by atoms with Crippen molar-refractivity contribution in [2.45, 2.75) is 4.90 Å². The molecule has 1 atom stereocenters. The Kier molecular flexibility index (Phi) is 3.74. The van der Waals surface area contributed by atoms with Gasteiger partial charge in [0.05, 0.1) is 4.90 Å². The fraction of sp³-hybridized carbons (Fsp3) is 0. The second kappa shape index (κ2) is 5.27. The Bertz CT molecular complexity index is 484. The quantitative estimate of drug-likeness (QED) is 0.921. The first-order valence-corrected chi connectivity index (χ1v) is 6.69. The minimum atomic E-state index is -1.21. The molecule has 0 bridgehead atoms. The first kappa shape index (κ1) is 11.4. The van der Waals surface area contributed by atoms with Crippen LogP contribution in [0.4, 0.5) is 5.69 Å². The van der Waals surface area contributed by atoms with Gasteiger partial charge < -0.3 is 4.72 Å². The summed E-state index contributed by atoms with van der Waals surface area (Å²) in [6.07, 6.45) is 0. The zero-order chi connectivity index (χ0) is 11.4. The van der Waals surface area contributed by atoms with Crippen LogP contribution < -0.4 is 4.72 Å². The Labute approximate surface area is 105 Å². The van der Waals surface area contributed by atoms with Crippen LogP contribution in [0.5, 0.6) is 0 Å². The molecule has 0 aliphatic carbocycles. The van der Waals surface area contributed by atoms with Gasteiger partial charge in [-0.25, -0.2) is 4.21 Å². The number of hydrogen-bond donors (Lipinski definition) is 1. The zero-order valence-electron chi connectivity index (χ0n) is 8.39. The molecule has 0 aromatic heterocycles. The molecule has 0 heterocycles. The molecule has 0 saturated heterocycles. The Balaban J connectivity index is 2.11. The van der Waals surface area contributed by atoms with Crippen LogP contribution in [-0.4, -0.2) is 4.21 Å². The Morgan fingerprint density at radius 2 is 1.56 bits per heavy atom. The van der Waals surface area contributed by atoms with E-state index in [1.807, 2.05) is 54.6 Å². The van der Waals surface area contributed by atoms with Crippen LogP contribution in [0.15, 0.2) is 64.0 Å². The van der Waals surface area contributed by atoms with Gasteiger partial charge in [-0.2, -0.15) is 0 Å². The van der Waals surface area contributed by atoms with Crippen molar-refractivity contribution in [2.75, 3.05) is 4.72 Å². The summed E-state index contributed by atoms with van der Waals surface area (Å²) in [4.78, 5) is 0.769. The van der Waals surface area contributed by atoms with E-state index >= 15 is 0 Å². The maximum Gasteiger partial charge on any atom is 0.150 e. The lowest BCUT2D eigenvalue weighted by molar-refractivity contribution is 0.686. The van der Waals surface area contributed by atoms with Crippen LogP contribution in [0.1, 0.15) is 0 Å². The van der Waals surface area contributed by atoms with Crippen LogP contribution in [0.2, 0.25) is 0 Å². The Morgan fingerprint density at radius 3 is 2.19 bits per heavy atom. The predicted octanol–water partition coefficient (Wildman–Crippen LogP) is 3.58. The number of nitrogens with one attached hydrogen (secondary N) is 1. The Morgan fingerprint density at radius 1 is 0.938 bits per heavy atom. The molecule has 0 saturated carbocycles. The molecule has 0 aliphatic heterocycles. The van der Waals surface area contributed by atoms with Gasteiger partial charge in [0.25, 0.3) is 0 Å². The molecule has 0 fully saturated rings. The first-order valence-electron chi connectivity index (χ1n) is 4.75. The third-order valence-electron chi connectivity index (χ3n) is 2.01. The maximum absolute atomic E-state index is 11.9. The molecule has 82 valence electrons. The number of hydrogen-bond acceptors (Lipinski definition) is 1. The largest absolute Gasteiger partial charge is 0.301 e. The van der Waals surface area contributed by atoms with Gasteiger partial charge in [0.1, 0.15) is 11.0 Å². The molecule has 2 aromatic carbocycles. The molecule has 2 aromatic rings. The van der Waals surface area contributed by atoms with Gasteiger partial charge in [0.15, 0.2) is 0 Å². The average molecular weight is 296 g/mol. The van der Waals surface area contributed by atoms with Gasteiger partial charge in [0.2, 0.25) is 0 Å². The molecule has 0 amide bonds. The van der Waals surface area contributed by atoms with Crippen LogP contribution >= 0.6 is 15.9 Å². The molecule has 0 spiro atoms. The predicted molar refractivity (Wildman–Crippen MR) is 70.6 cm³/mol. The van der Waals surface area contributed by atoms with Crippen molar-refractivity contribution in [3.05, 3.63) is 59.1 Å². The van der Waals surface area contributed by atoms with Crippen LogP contribution in [0.25, 0.3) is 0 Å². The third kappa shape index (κ3) is 2.93. The third-order valence-corrected chi connectivity index (χ3v) is 3.66. The monoisotopic (exact) mass is 295 g/mol. The summed E-state index contributed by atoms with van der Waals surface area (Å²) in [7, 11) is -1.21. The fourth-order valence-electron chi connectivity index (χ4n) is 1.23. The highest BCUT2D eigenvalue weighted by Crippen LogP contribution is 2.16. The second-order valence-electron chi connectivity index (χ2n) is 3.19. The fourth-order valence-corrected chi connectivity index (χ4v) is 2.36. The highest BCUT2D eigenvalue weighted by atomic mass is 79.9. The van der Waals surface area contributed by atoms with E-state index in [-0.39, 0.29) is 0 Å². The van der Waals surface area contributed by atoms with E-state index in [1.165, 1.54) is 0 Å². The van der Waals surface area contributed by atoms with Crippen molar-refractivity contribution in [3.63, 3.8) is 0 Å². The second-order valence-corrected chi connectivity index (χ2v) is 5.32. The van der Waals surface area contributed by atoms with Gasteiger partial charge in [-0.1, -0.05) is 34.1 Å². The smallest absolute Gasteiger partial charge is 0.150 e. The zero-order valence-corrected chi connectivity index (χ0v) is 10.8. The molecule has 2 rings (SSSR count). The van der Waals surface area contributed by atoms with Crippen LogP contribution in [0, 0.1) is 0 Å². The molecule has 1 N–H and O–H groups in total. The lowest BCUT2D eigenvalue weighted by atomic mass is 10.3. The number of benzene rings is 2. The summed E-state index contributed by atoms with van der Waals surface area (Å²) >= 11 is 3.35. The van der Waals surface area contributed by atoms with E-state index in [0.29, 0.717) is 0 Å². The molecule has 2 nitrogen and oxygen atoms in total. The minimum Gasteiger partial charge on any atom is -0.301 e. The van der Waals surface area contributed by atoms with Crippen molar-refractivity contribution in [3.8, 4) is 0 Å². The van der Waals surface area contributed by atoms with Crippen molar-refractivity contribution in [1.82, 2.24) is 0 Å². The lowest BCUT2D eigenvalue weighted by Crippen LogP contribution is -2.04. The van der Waals surface area contributed by atoms with Gasteiger partial charge in [-0.3, -0.25) is 0 Å². The summed E-state index contributed by atoms with van der Waals surface area (Å²) in [5.74, 6) is 0. The highest BCUT2D eigenvalue weighted by molar-refractivity contribution is 9.10. The maximum atomic E-state index is 11.9. The molecule has 16 heavy (non-hydrogen) atoms. The normalized spacial score (nSPS) is 12.1. The SMILES string of the molecule is O=S(Nc1ccc(Br)cc1)c1ccccc1. The van der Waals surface area contributed by atoms with Gasteiger partial charge >= 0.3 is 0 Å². The topological polar surface area (TPSA) is 29.1 Å². The molecular formula is C12H10BrNOS. The van der Waals surface area contributed by atoms with E-state index in [2.05, 4.69) is 20.7 Å². The van der Waals surface area contributed by atoms with E-state index in [9.17, 15) is 4.21 Å². The van der Waals surface area contributed by atoms with Crippen molar-refractivity contribution in [1.29, 1.82) is 0 Å². The highest BCUT2D eigenvalue weighted by Gasteiger charge is 2.02. The van der Waals surface area contributed by atoms with Crippen molar-refractivity contribution < 1.29 is 4.21 Å². The lowest BCUT2D eigenvalue weighted by Gasteiger charge is -2.05. The number of rotatable bonds is 3. The summed E-state index contributed by atoms with van der Waals surface area (Å²) in [6.45, 7) is 0. The van der Waals surface area contributed by atoms with Gasteiger partial charge in [-0.05, 0) is 36.4 Å². The van der Waals surface area contributed by atoms with E-state index in [1.54, 1.807) is 0 Å².